The number of allylic oxidation sites excluding steroid dienone is 2. The number of amides is 2. The lowest BCUT2D eigenvalue weighted by atomic mass is 10.2. The Kier molecular flexibility index (Phi) is 8.11. The summed E-state index contributed by atoms with van der Waals surface area (Å²) in [7, 11) is 1.56. The fourth-order valence-electron chi connectivity index (χ4n) is 2.77. The Morgan fingerprint density at radius 2 is 1.53 bits per heavy atom. The van der Waals surface area contributed by atoms with Crippen molar-refractivity contribution in [3.8, 4) is 5.75 Å². The molecule has 0 spiro atoms. The Bertz CT molecular complexity index is 1140. The topological polar surface area (TPSA) is 79.8 Å². The van der Waals surface area contributed by atoms with Crippen LogP contribution in [0.4, 0.5) is 0 Å². The van der Waals surface area contributed by atoms with Gasteiger partial charge in [0.25, 0.3) is 11.8 Å². The summed E-state index contributed by atoms with van der Waals surface area (Å²) in [6, 6.07) is 25.6. The molecule has 0 aliphatic carbocycles. The first kappa shape index (κ1) is 22.2. The van der Waals surface area contributed by atoms with Gasteiger partial charge in [-0.15, -0.1) is 0 Å². The molecule has 6 heteroatoms. The molecule has 0 aliphatic heterocycles. The summed E-state index contributed by atoms with van der Waals surface area (Å²) in [5, 5.41) is 6.65. The smallest absolute Gasteiger partial charge is 0.287 e. The van der Waals surface area contributed by atoms with Gasteiger partial charge in [0.1, 0.15) is 11.4 Å². The minimum atomic E-state index is -0.557. The number of hydrogen-bond donors (Lipinski definition) is 2. The van der Waals surface area contributed by atoms with Crippen molar-refractivity contribution in [1.29, 1.82) is 0 Å². The fourth-order valence-corrected chi connectivity index (χ4v) is 2.77. The number of benzene rings is 3. The summed E-state index contributed by atoms with van der Waals surface area (Å²) < 4.78 is 5.27. The Balaban J connectivity index is 1.76. The monoisotopic (exact) mass is 425 g/mol. The molecule has 32 heavy (non-hydrogen) atoms. The molecule has 0 bridgehead atoms. The number of methoxy groups -OCH3 is 1. The fraction of sp³-hybridized carbons (Fsp3) is 0.0385. The number of nitrogens with zero attached hydrogens (tertiary/aromatic N) is 1. The van der Waals surface area contributed by atoms with Crippen molar-refractivity contribution in [2.45, 2.75) is 0 Å². The van der Waals surface area contributed by atoms with E-state index in [1.807, 2.05) is 60.7 Å². The van der Waals surface area contributed by atoms with Crippen molar-refractivity contribution in [3.63, 3.8) is 0 Å². The predicted octanol–water partition coefficient (Wildman–Crippen LogP) is 4.17. The zero-order valence-electron chi connectivity index (χ0n) is 17.6. The lowest BCUT2D eigenvalue weighted by Gasteiger charge is -2.08. The van der Waals surface area contributed by atoms with Gasteiger partial charge in [-0.05, 0) is 35.9 Å². The molecule has 2 N–H and O–H groups in total. The number of carbonyl (C=O) groups is 2. The summed E-state index contributed by atoms with van der Waals surface area (Å²) in [6.07, 6.45) is 6.54. The van der Waals surface area contributed by atoms with Crippen molar-refractivity contribution in [2.75, 3.05) is 7.11 Å². The van der Waals surface area contributed by atoms with E-state index in [9.17, 15) is 9.59 Å². The molecule has 0 aromatic heterocycles. The van der Waals surface area contributed by atoms with Gasteiger partial charge < -0.3 is 10.1 Å². The lowest BCUT2D eigenvalue weighted by Crippen LogP contribution is -2.32. The highest BCUT2D eigenvalue weighted by molar-refractivity contribution is 6.03. The van der Waals surface area contributed by atoms with Crippen LogP contribution in [0.5, 0.6) is 5.75 Å². The van der Waals surface area contributed by atoms with E-state index in [1.54, 1.807) is 43.5 Å². The zero-order chi connectivity index (χ0) is 22.6. The van der Waals surface area contributed by atoms with Crippen LogP contribution in [-0.4, -0.2) is 25.1 Å². The Labute approximate surface area is 186 Å². The van der Waals surface area contributed by atoms with E-state index >= 15 is 0 Å². The number of rotatable bonds is 8. The molecular weight excluding hydrogens is 402 g/mol. The maximum Gasteiger partial charge on any atom is 0.287 e. The van der Waals surface area contributed by atoms with Gasteiger partial charge in [-0.25, -0.2) is 5.43 Å². The van der Waals surface area contributed by atoms with E-state index in [-0.39, 0.29) is 5.70 Å². The van der Waals surface area contributed by atoms with Crippen molar-refractivity contribution >= 4 is 24.1 Å². The van der Waals surface area contributed by atoms with Gasteiger partial charge in [0.05, 0.1) is 13.3 Å². The number of hydrogen-bond acceptors (Lipinski definition) is 4. The van der Waals surface area contributed by atoms with Crippen molar-refractivity contribution in [1.82, 2.24) is 10.7 Å². The third kappa shape index (κ3) is 6.53. The quantitative estimate of drug-likeness (QED) is 0.246. The Morgan fingerprint density at radius 1 is 0.875 bits per heavy atom. The van der Waals surface area contributed by atoms with E-state index < -0.39 is 11.8 Å². The van der Waals surface area contributed by atoms with E-state index in [0.29, 0.717) is 16.9 Å². The summed E-state index contributed by atoms with van der Waals surface area (Å²) in [5.41, 5.74) is 4.62. The van der Waals surface area contributed by atoms with Crippen molar-refractivity contribution in [3.05, 3.63) is 119 Å². The molecule has 0 saturated carbocycles. The molecule has 3 rings (SSSR count). The molecule has 160 valence electrons. The van der Waals surface area contributed by atoms with Crippen molar-refractivity contribution in [2.24, 2.45) is 5.10 Å². The first-order valence-corrected chi connectivity index (χ1v) is 9.93. The molecule has 0 saturated heterocycles. The maximum absolute atomic E-state index is 12.7. The number of ether oxygens (including phenoxy) is 1. The molecule has 0 atom stereocenters. The van der Waals surface area contributed by atoms with Crippen LogP contribution in [0.25, 0.3) is 6.08 Å². The van der Waals surface area contributed by atoms with Gasteiger partial charge >= 0.3 is 0 Å². The number of hydrazone groups is 1. The lowest BCUT2D eigenvalue weighted by molar-refractivity contribution is -0.117. The molecule has 0 unspecified atom stereocenters. The summed E-state index contributed by atoms with van der Waals surface area (Å²) >= 11 is 0. The second-order valence-corrected chi connectivity index (χ2v) is 6.61. The molecule has 3 aromatic rings. The average Bonchev–Trinajstić information content (AvgIpc) is 2.84. The van der Waals surface area contributed by atoms with E-state index in [0.717, 1.165) is 5.56 Å². The molecule has 0 radical (unpaired) electrons. The van der Waals surface area contributed by atoms with Crippen LogP contribution in [0.2, 0.25) is 0 Å². The standard InChI is InChI=1S/C26H23N3O3/c1-32-24-18-9-8-16-22(24)19-27-29-26(31)23(17-10-13-20-11-4-2-5-12-20)28-25(30)21-14-6-3-7-15-21/h2-19H,1H3,(H,28,30)(H,29,31). The molecule has 2 amide bonds. The van der Waals surface area contributed by atoms with Gasteiger partial charge in [0, 0.05) is 11.1 Å². The van der Waals surface area contributed by atoms with Gasteiger partial charge in [-0.2, -0.15) is 5.10 Å². The van der Waals surface area contributed by atoms with Crippen LogP contribution in [0.15, 0.2) is 108 Å². The maximum atomic E-state index is 12.7. The SMILES string of the molecule is COc1ccccc1C=NNC(=O)C(=CC=Cc1ccccc1)NC(=O)c1ccccc1. The van der Waals surface area contributed by atoms with Crippen LogP contribution < -0.4 is 15.5 Å². The average molecular weight is 425 g/mol. The summed E-state index contributed by atoms with van der Waals surface area (Å²) in [6.45, 7) is 0. The Hall–Kier alpha value is -4.45. The highest BCUT2D eigenvalue weighted by Crippen LogP contribution is 2.14. The van der Waals surface area contributed by atoms with Gasteiger partial charge in [0.15, 0.2) is 0 Å². The first-order chi connectivity index (χ1) is 15.7. The van der Waals surface area contributed by atoms with Crippen LogP contribution in [0.1, 0.15) is 21.5 Å². The van der Waals surface area contributed by atoms with Crippen LogP contribution in [-0.2, 0) is 4.79 Å². The summed E-state index contributed by atoms with van der Waals surface area (Å²) in [5.74, 6) is -0.323. The van der Waals surface area contributed by atoms with Gasteiger partial charge in [-0.1, -0.05) is 72.8 Å². The zero-order valence-corrected chi connectivity index (χ0v) is 17.6. The second kappa shape index (κ2) is 11.7. The molecular formula is C26H23N3O3. The number of carbonyl (C=O) groups excluding carboxylic acids is 2. The molecule has 0 heterocycles. The van der Waals surface area contributed by atoms with Gasteiger partial charge in [-0.3, -0.25) is 9.59 Å². The number of para-hydroxylation sites is 1. The molecule has 3 aromatic carbocycles. The minimum absolute atomic E-state index is 0.0585. The normalized spacial score (nSPS) is 11.5. The van der Waals surface area contributed by atoms with Crippen molar-refractivity contribution < 1.29 is 14.3 Å². The van der Waals surface area contributed by atoms with Gasteiger partial charge in [0.2, 0.25) is 0 Å². The van der Waals surface area contributed by atoms with E-state index in [1.165, 1.54) is 12.3 Å². The number of nitrogens with one attached hydrogen (secondary N) is 2. The third-order valence-electron chi connectivity index (χ3n) is 4.39. The van der Waals surface area contributed by atoms with Crippen LogP contribution in [0, 0.1) is 0 Å². The van der Waals surface area contributed by atoms with Crippen LogP contribution >= 0.6 is 0 Å². The second-order valence-electron chi connectivity index (χ2n) is 6.61. The molecule has 6 nitrogen and oxygen atoms in total. The Morgan fingerprint density at radius 3 is 2.25 bits per heavy atom. The minimum Gasteiger partial charge on any atom is -0.496 e. The molecule has 0 fully saturated rings. The van der Waals surface area contributed by atoms with E-state index in [2.05, 4.69) is 15.8 Å². The first-order valence-electron chi connectivity index (χ1n) is 9.93. The van der Waals surface area contributed by atoms with E-state index in [4.69, 9.17) is 4.74 Å². The highest BCUT2D eigenvalue weighted by Gasteiger charge is 2.13. The third-order valence-corrected chi connectivity index (χ3v) is 4.39. The summed E-state index contributed by atoms with van der Waals surface area (Å²) in [4.78, 5) is 25.3. The molecule has 0 aliphatic rings. The largest absolute Gasteiger partial charge is 0.496 e. The highest BCUT2D eigenvalue weighted by atomic mass is 16.5. The predicted molar refractivity (Wildman–Crippen MR) is 126 cm³/mol. The van der Waals surface area contributed by atoms with Crippen LogP contribution in [0.3, 0.4) is 0 Å².